The fraction of sp³-hybridized carbons (Fsp3) is 0.800. The summed E-state index contributed by atoms with van der Waals surface area (Å²) in [7, 11) is 0. The minimum Gasteiger partial charge on any atom is -0.307 e. The van der Waals surface area contributed by atoms with Crippen LogP contribution in [0.5, 0.6) is 0 Å². The molecule has 1 heterocycles. The lowest BCUT2D eigenvalue weighted by atomic mass is 9.84. The Morgan fingerprint density at radius 1 is 1.50 bits per heavy atom. The van der Waals surface area contributed by atoms with Crippen LogP contribution < -0.4 is 5.32 Å². The molecular weight excluding hydrogens is 150 g/mol. The van der Waals surface area contributed by atoms with Gasteiger partial charge in [-0.25, -0.2) is 0 Å². The summed E-state index contributed by atoms with van der Waals surface area (Å²) >= 11 is 0. The van der Waals surface area contributed by atoms with E-state index in [9.17, 15) is 4.79 Å². The number of rotatable bonds is 1. The minimum absolute atomic E-state index is 0.0683. The van der Waals surface area contributed by atoms with Crippen LogP contribution in [0, 0.1) is 11.8 Å². The molecule has 0 saturated carbocycles. The van der Waals surface area contributed by atoms with Crippen LogP contribution in [-0.2, 0) is 4.79 Å². The third-order valence-corrected chi connectivity index (χ3v) is 2.20. The van der Waals surface area contributed by atoms with Gasteiger partial charge in [0.05, 0.1) is 6.04 Å². The molecule has 1 aliphatic heterocycles. The molecule has 69 valence electrons. The number of hydrogen-bond acceptors (Lipinski definition) is 2. The molecular formula is C10H18NO. The van der Waals surface area contributed by atoms with E-state index in [1.54, 1.807) is 0 Å². The summed E-state index contributed by atoms with van der Waals surface area (Å²) < 4.78 is 0. The molecule has 1 fully saturated rings. The van der Waals surface area contributed by atoms with Gasteiger partial charge in [0.2, 0.25) is 0 Å². The first kappa shape index (κ1) is 9.72. The Labute approximate surface area is 74.7 Å². The number of piperidine rings is 1. The Balaban J connectivity index is 2.51. The van der Waals surface area contributed by atoms with E-state index < -0.39 is 0 Å². The lowest BCUT2D eigenvalue weighted by Crippen LogP contribution is -2.45. The summed E-state index contributed by atoms with van der Waals surface area (Å²) in [6.07, 6.45) is 4.19. The minimum atomic E-state index is -0.206. The van der Waals surface area contributed by atoms with Crippen molar-refractivity contribution in [3.05, 3.63) is 6.42 Å². The van der Waals surface area contributed by atoms with E-state index in [0.717, 1.165) is 19.4 Å². The Bertz CT molecular complexity index is 163. The second-order valence-corrected chi connectivity index (χ2v) is 4.43. The van der Waals surface area contributed by atoms with E-state index in [0.29, 0.717) is 5.78 Å². The predicted octanol–water partition coefficient (Wildman–Crippen LogP) is 1.56. The molecule has 0 aromatic carbocycles. The highest BCUT2D eigenvalue weighted by atomic mass is 16.1. The third-order valence-electron chi connectivity index (χ3n) is 2.20. The molecule has 2 heteroatoms. The van der Waals surface area contributed by atoms with Crippen molar-refractivity contribution in [1.29, 1.82) is 0 Å². The Morgan fingerprint density at radius 2 is 2.17 bits per heavy atom. The van der Waals surface area contributed by atoms with Crippen molar-refractivity contribution in [2.75, 3.05) is 6.54 Å². The van der Waals surface area contributed by atoms with Gasteiger partial charge >= 0.3 is 0 Å². The average Bonchev–Trinajstić information content (AvgIpc) is 2.03. The number of Topliss-reactive ketones (excluding diaryl/α,β-unsaturated/α-hetero) is 1. The summed E-state index contributed by atoms with van der Waals surface area (Å²) in [4.78, 5) is 11.7. The van der Waals surface area contributed by atoms with Crippen molar-refractivity contribution in [3.8, 4) is 0 Å². The summed E-state index contributed by atoms with van der Waals surface area (Å²) in [5.41, 5.74) is -0.206. The van der Waals surface area contributed by atoms with E-state index in [2.05, 4.69) is 11.7 Å². The first-order valence-electron chi connectivity index (χ1n) is 4.61. The maximum atomic E-state index is 11.7. The largest absolute Gasteiger partial charge is 0.307 e. The molecule has 12 heavy (non-hydrogen) atoms. The van der Waals surface area contributed by atoms with Crippen LogP contribution in [0.3, 0.4) is 0 Å². The van der Waals surface area contributed by atoms with Crippen LogP contribution in [0.15, 0.2) is 0 Å². The topological polar surface area (TPSA) is 29.1 Å². The van der Waals surface area contributed by atoms with E-state index in [1.165, 1.54) is 0 Å². The van der Waals surface area contributed by atoms with Gasteiger partial charge < -0.3 is 5.32 Å². The van der Waals surface area contributed by atoms with E-state index >= 15 is 0 Å². The van der Waals surface area contributed by atoms with Crippen LogP contribution in [0.2, 0.25) is 0 Å². The number of hydrogen-bond donors (Lipinski definition) is 1. The van der Waals surface area contributed by atoms with Gasteiger partial charge in [-0.3, -0.25) is 4.79 Å². The van der Waals surface area contributed by atoms with Gasteiger partial charge in [-0.1, -0.05) is 20.8 Å². The van der Waals surface area contributed by atoms with Gasteiger partial charge in [0.25, 0.3) is 0 Å². The predicted molar refractivity (Wildman–Crippen MR) is 49.8 cm³/mol. The number of nitrogens with one attached hydrogen (secondary N) is 1. The quantitative estimate of drug-likeness (QED) is 0.643. The SMILES string of the molecule is CC(C)(C)C(=O)C1C[CH]CCN1. The molecule has 0 aromatic rings. The maximum absolute atomic E-state index is 11.7. The van der Waals surface area contributed by atoms with Crippen molar-refractivity contribution in [2.24, 2.45) is 5.41 Å². The molecule has 0 amide bonds. The fourth-order valence-electron chi connectivity index (χ4n) is 1.45. The van der Waals surface area contributed by atoms with Crippen LogP contribution >= 0.6 is 0 Å². The van der Waals surface area contributed by atoms with Crippen LogP contribution in [0.4, 0.5) is 0 Å². The lowest BCUT2D eigenvalue weighted by molar-refractivity contribution is -0.128. The molecule has 0 spiro atoms. The summed E-state index contributed by atoms with van der Waals surface area (Å²) in [6.45, 7) is 6.88. The van der Waals surface area contributed by atoms with Crippen molar-refractivity contribution < 1.29 is 4.79 Å². The van der Waals surface area contributed by atoms with Crippen molar-refractivity contribution in [2.45, 2.75) is 39.7 Å². The summed E-state index contributed by atoms with van der Waals surface area (Å²) in [5.74, 6) is 0.332. The van der Waals surface area contributed by atoms with Gasteiger partial charge in [-0.15, -0.1) is 0 Å². The van der Waals surface area contributed by atoms with Crippen molar-refractivity contribution in [1.82, 2.24) is 5.32 Å². The second-order valence-electron chi connectivity index (χ2n) is 4.43. The molecule has 1 saturated heterocycles. The molecule has 1 atom stereocenters. The Hall–Kier alpha value is -0.370. The molecule has 1 aliphatic rings. The average molecular weight is 168 g/mol. The van der Waals surface area contributed by atoms with Gasteiger partial charge in [-0.05, 0) is 25.8 Å². The highest BCUT2D eigenvalue weighted by Crippen LogP contribution is 2.20. The van der Waals surface area contributed by atoms with Crippen molar-refractivity contribution in [3.63, 3.8) is 0 Å². The van der Waals surface area contributed by atoms with Gasteiger partial charge in [0, 0.05) is 5.41 Å². The molecule has 2 nitrogen and oxygen atoms in total. The standard InChI is InChI=1S/C10H18NO/c1-10(2,3)9(12)8-6-4-5-7-11-8/h4,8,11H,5-7H2,1-3H3. The first-order valence-corrected chi connectivity index (χ1v) is 4.61. The Kier molecular flexibility index (Phi) is 2.89. The molecule has 1 radical (unpaired) electrons. The molecule has 0 aliphatic carbocycles. The van der Waals surface area contributed by atoms with E-state index in [4.69, 9.17) is 0 Å². The van der Waals surface area contributed by atoms with Crippen LogP contribution in [0.25, 0.3) is 0 Å². The van der Waals surface area contributed by atoms with Crippen molar-refractivity contribution >= 4 is 5.78 Å². The normalized spacial score (nSPS) is 25.4. The van der Waals surface area contributed by atoms with E-state index in [1.807, 2.05) is 20.8 Å². The second kappa shape index (κ2) is 3.56. The zero-order chi connectivity index (χ0) is 9.19. The lowest BCUT2D eigenvalue weighted by Gasteiger charge is -2.28. The van der Waals surface area contributed by atoms with Gasteiger partial charge in [0.1, 0.15) is 0 Å². The highest BCUT2D eigenvalue weighted by Gasteiger charge is 2.29. The molecule has 0 aromatic heterocycles. The fourth-order valence-corrected chi connectivity index (χ4v) is 1.45. The number of carbonyl (C=O) groups is 1. The summed E-state index contributed by atoms with van der Waals surface area (Å²) in [5, 5.41) is 3.24. The molecule has 1 rings (SSSR count). The Morgan fingerprint density at radius 3 is 2.58 bits per heavy atom. The van der Waals surface area contributed by atoms with Gasteiger partial charge in [0.15, 0.2) is 5.78 Å². The van der Waals surface area contributed by atoms with Crippen LogP contribution in [0.1, 0.15) is 33.6 Å². The van der Waals surface area contributed by atoms with Crippen LogP contribution in [-0.4, -0.2) is 18.4 Å². The van der Waals surface area contributed by atoms with E-state index in [-0.39, 0.29) is 11.5 Å². The van der Waals surface area contributed by atoms with Gasteiger partial charge in [-0.2, -0.15) is 0 Å². The highest BCUT2D eigenvalue weighted by molar-refractivity contribution is 5.88. The zero-order valence-electron chi connectivity index (χ0n) is 8.18. The third kappa shape index (κ3) is 2.31. The number of carbonyl (C=O) groups excluding carboxylic acids is 1. The summed E-state index contributed by atoms with van der Waals surface area (Å²) in [6, 6.07) is 0.0683. The maximum Gasteiger partial charge on any atom is 0.155 e. The number of ketones is 1. The molecule has 1 unspecified atom stereocenters. The molecule has 0 bridgehead atoms. The molecule has 1 N–H and O–H groups in total. The zero-order valence-corrected chi connectivity index (χ0v) is 8.18. The first-order chi connectivity index (χ1) is 5.52. The smallest absolute Gasteiger partial charge is 0.155 e. The monoisotopic (exact) mass is 168 g/mol.